The maximum absolute atomic E-state index is 13.5. The standard InChI is InChI=1S/C34H41ClN2O5S/c35-26-11-13-29-23(17-26)4-3-15-34(29)20-37-19-25-9-12-28(25)31(38)6-2-1-5-27(16-22-7-8-22)43(40,41)36-33(39)24-10-14-32(42-21-34)30(37)18-24/h2,6,10-11,13-14,17-18,22,25,27-28,31,38H,1,3-5,7-9,12,15-16,19-21H2,(H,36,39)/b6-2-/t25-,27+,28+,31+,34-/m0/s1. The van der Waals surface area contributed by atoms with Crippen molar-refractivity contribution in [3.05, 3.63) is 70.3 Å². The van der Waals surface area contributed by atoms with Crippen LogP contribution in [0.1, 0.15) is 79.3 Å². The third-order valence-corrected chi connectivity index (χ3v) is 12.6. The summed E-state index contributed by atoms with van der Waals surface area (Å²) in [5.74, 6) is 0.937. The number of rotatable bonds is 2. The number of hydrogen-bond acceptors (Lipinski definition) is 6. The molecule has 2 N–H and O–H groups in total. The van der Waals surface area contributed by atoms with E-state index in [1.54, 1.807) is 12.1 Å². The van der Waals surface area contributed by atoms with Crippen molar-refractivity contribution in [2.75, 3.05) is 24.6 Å². The van der Waals surface area contributed by atoms with Crippen LogP contribution in [0.3, 0.4) is 0 Å². The van der Waals surface area contributed by atoms with Crippen LogP contribution in [0.2, 0.25) is 5.02 Å². The van der Waals surface area contributed by atoms with Gasteiger partial charge in [0.05, 0.1) is 23.6 Å². The molecule has 230 valence electrons. The molecule has 7 rings (SSSR count). The Labute approximate surface area is 259 Å². The molecule has 0 saturated heterocycles. The first-order chi connectivity index (χ1) is 20.7. The maximum atomic E-state index is 13.5. The molecule has 2 aromatic carbocycles. The van der Waals surface area contributed by atoms with Crippen molar-refractivity contribution in [1.82, 2.24) is 4.72 Å². The number of aliphatic hydroxyl groups excluding tert-OH is 1. The number of allylic oxidation sites excluding steroid dienone is 1. The molecule has 9 heteroatoms. The molecule has 2 heterocycles. The molecule has 0 unspecified atom stereocenters. The number of anilines is 1. The molecule has 1 amide bonds. The van der Waals surface area contributed by atoms with Crippen molar-refractivity contribution in [2.45, 2.75) is 81.0 Å². The molecule has 5 atom stereocenters. The molecule has 2 bridgehead atoms. The third kappa shape index (κ3) is 5.83. The summed E-state index contributed by atoms with van der Waals surface area (Å²) < 4.78 is 35.9. The van der Waals surface area contributed by atoms with E-state index in [2.05, 4.69) is 21.8 Å². The van der Waals surface area contributed by atoms with Crippen LogP contribution >= 0.6 is 11.6 Å². The lowest BCUT2D eigenvalue weighted by Gasteiger charge is -2.45. The van der Waals surface area contributed by atoms with Gasteiger partial charge >= 0.3 is 0 Å². The number of carbonyl (C=O) groups excluding carboxylic acids is 1. The number of nitrogens with zero attached hydrogens (tertiary/aromatic N) is 1. The number of sulfonamides is 1. The summed E-state index contributed by atoms with van der Waals surface area (Å²) in [6.45, 7) is 1.94. The highest BCUT2D eigenvalue weighted by Gasteiger charge is 2.44. The molecule has 0 aromatic heterocycles. The molecular formula is C34H41ClN2O5S. The van der Waals surface area contributed by atoms with Gasteiger partial charge in [-0.2, -0.15) is 0 Å². The largest absolute Gasteiger partial charge is 0.490 e. The lowest BCUT2D eigenvalue weighted by Crippen LogP contribution is -2.49. The van der Waals surface area contributed by atoms with E-state index < -0.39 is 27.3 Å². The molecular weight excluding hydrogens is 584 g/mol. The Kier molecular flexibility index (Phi) is 7.75. The van der Waals surface area contributed by atoms with Crippen LogP contribution in [0.25, 0.3) is 0 Å². The summed E-state index contributed by atoms with van der Waals surface area (Å²) in [6, 6.07) is 11.5. The second-order valence-corrected chi connectivity index (χ2v) is 16.0. The fraction of sp³-hybridized carbons (Fsp3) is 0.559. The van der Waals surface area contributed by atoms with Gasteiger partial charge in [0, 0.05) is 29.1 Å². The van der Waals surface area contributed by atoms with Gasteiger partial charge in [-0.3, -0.25) is 4.79 Å². The van der Waals surface area contributed by atoms with Crippen molar-refractivity contribution in [2.24, 2.45) is 17.8 Å². The molecule has 2 saturated carbocycles. The van der Waals surface area contributed by atoms with Gasteiger partial charge in [-0.25, -0.2) is 13.1 Å². The zero-order valence-electron chi connectivity index (χ0n) is 24.5. The number of amides is 1. The minimum Gasteiger partial charge on any atom is -0.490 e. The zero-order chi connectivity index (χ0) is 29.8. The van der Waals surface area contributed by atoms with Gasteiger partial charge in [0.15, 0.2) is 0 Å². The molecule has 2 aromatic rings. The molecule has 2 fully saturated rings. The maximum Gasteiger partial charge on any atom is 0.264 e. The Bertz CT molecular complexity index is 1540. The minimum atomic E-state index is -3.88. The quantitative estimate of drug-likeness (QED) is 0.412. The topological polar surface area (TPSA) is 95.9 Å². The second kappa shape index (κ2) is 11.4. The number of aryl methyl sites for hydroxylation is 1. The number of ether oxygens (including phenoxy) is 1. The highest BCUT2D eigenvalue weighted by Crippen LogP contribution is 2.47. The fourth-order valence-electron chi connectivity index (χ4n) is 7.87. The number of benzene rings is 2. The van der Waals surface area contributed by atoms with E-state index in [0.717, 1.165) is 62.2 Å². The number of carbonyl (C=O) groups is 1. The van der Waals surface area contributed by atoms with E-state index in [9.17, 15) is 18.3 Å². The van der Waals surface area contributed by atoms with Crippen molar-refractivity contribution < 1.29 is 23.1 Å². The van der Waals surface area contributed by atoms with Gasteiger partial charge in [-0.15, -0.1) is 0 Å². The van der Waals surface area contributed by atoms with Gasteiger partial charge in [-0.05, 0) is 111 Å². The number of halogens is 1. The smallest absolute Gasteiger partial charge is 0.264 e. The Morgan fingerprint density at radius 1 is 1.09 bits per heavy atom. The van der Waals surface area contributed by atoms with Crippen LogP contribution < -0.4 is 14.4 Å². The minimum absolute atomic E-state index is 0.141. The van der Waals surface area contributed by atoms with Gasteiger partial charge in [0.25, 0.3) is 5.91 Å². The number of nitrogens with one attached hydrogen (secondary N) is 1. The first kappa shape index (κ1) is 29.2. The summed E-state index contributed by atoms with van der Waals surface area (Å²) in [5, 5.41) is 11.3. The van der Waals surface area contributed by atoms with Crippen LogP contribution in [0.5, 0.6) is 5.75 Å². The molecule has 7 nitrogen and oxygen atoms in total. The summed E-state index contributed by atoms with van der Waals surface area (Å²) in [5.41, 5.74) is 3.39. The van der Waals surface area contributed by atoms with Gasteiger partial charge < -0.3 is 14.7 Å². The summed E-state index contributed by atoms with van der Waals surface area (Å²) in [6.07, 6.45) is 11.8. The van der Waals surface area contributed by atoms with E-state index >= 15 is 0 Å². The number of fused-ring (bicyclic) bond motifs is 4. The number of aliphatic hydroxyl groups is 1. The van der Waals surface area contributed by atoms with E-state index in [-0.39, 0.29) is 11.3 Å². The van der Waals surface area contributed by atoms with Gasteiger partial charge in [0.1, 0.15) is 5.75 Å². The predicted octanol–water partition coefficient (Wildman–Crippen LogP) is 5.78. The zero-order valence-corrected chi connectivity index (χ0v) is 26.1. The third-order valence-electron chi connectivity index (χ3n) is 10.6. The summed E-state index contributed by atoms with van der Waals surface area (Å²) in [4.78, 5) is 15.8. The van der Waals surface area contributed by atoms with Crippen LogP contribution in [0.15, 0.2) is 48.6 Å². The lowest BCUT2D eigenvalue weighted by atomic mass is 9.68. The Morgan fingerprint density at radius 2 is 1.95 bits per heavy atom. The van der Waals surface area contributed by atoms with Crippen molar-refractivity contribution in [1.29, 1.82) is 0 Å². The highest BCUT2D eigenvalue weighted by atomic mass is 35.5. The predicted molar refractivity (Wildman–Crippen MR) is 168 cm³/mol. The van der Waals surface area contributed by atoms with Crippen molar-refractivity contribution in [3.63, 3.8) is 0 Å². The van der Waals surface area contributed by atoms with Crippen molar-refractivity contribution in [3.8, 4) is 5.75 Å². The van der Waals surface area contributed by atoms with Gasteiger partial charge in [-0.1, -0.05) is 42.7 Å². The second-order valence-electron chi connectivity index (χ2n) is 13.6. The average molecular weight is 625 g/mol. The first-order valence-electron chi connectivity index (χ1n) is 15.9. The van der Waals surface area contributed by atoms with Crippen molar-refractivity contribution >= 4 is 33.2 Å². The van der Waals surface area contributed by atoms with Crippen LogP contribution in [-0.4, -0.2) is 50.5 Å². The molecule has 1 spiro atoms. The Morgan fingerprint density at radius 3 is 2.74 bits per heavy atom. The van der Waals surface area contributed by atoms with Crippen LogP contribution in [0, 0.1) is 17.8 Å². The summed E-state index contributed by atoms with van der Waals surface area (Å²) >= 11 is 6.40. The van der Waals surface area contributed by atoms with E-state index in [4.69, 9.17) is 16.3 Å². The Hall–Kier alpha value is -2.55. The van der Waals surface area contributed by atoms with E-state index in [0.29, 0.717) is 55.6 Å². The molecule has 5 aliphatic rings. The highest BCUT2D eigenvalue weighted by molar-refractivity contribution is 7.90. The molecule has 2 aliphatic heterocycles. The first-order valence-corrected chi connectivity index (χ1v) is 17.8. The van der Waals surface area contributed by atoms with Crippen LogP contribution in [0.4, 0.5) is 5.69 Å². The molecule has 43 heavy (non-hydrogen) atoms. The SMILES string of the molecule is O=C1NS(=O)(=O)[C@@H](CC2CC2)CC/C=C\[C@@H](O)[C@@H]2CC[C@H]2CN2C[C@@]3(CCCc4cc(Cl)ccc43)COc3ccc1cc32. The lowest BCUT2D eigenvalue weighted by molar-refractivity contribution is 0.0456. The van der Waals surface area contributed by atoms with E-state index in [1.807, 2.05) is 24.3 Å². The fourth-order valence-corrected chi connectivity index (χ4v) is 9.58. The van der Waals surface area contributed by atoms with Gasteiger partial charge in [0.2, 0.25) is 10.0 Å². The van der Waals surface area contributed by atoms with E-state index in [1.165, 1.54) is 11.1 Å². The summed E-state index contributed by atoms with van der Waals surface area (Å²) in [7, 11) is -3.88. The average Bonchev–Trinajstić information content (AvgIpc) is 3.79. The molecule has 0 radical (unpaired) electrons. The number of hydrogen-bond donors (Lipinski definition) is 2. The normalized spacial score (nSPS) is 32.8. The van der Waals surface area contributed by atoms with Crippen LogP contribution in [-0.2, 0) is 21.9 Å². The Balaban J connectivity index is 1.27. The monoisotopic (exact) mass is 624 g/mol. The molecule has 3 aliphatic carbocycles.